The molecule has 0 aliphatic heterocycles. The number of benzene rings is 1. The molecule has 3 heteroatoms. The van der Waals surface area contributed by atoms with Crippen molar-refractivity contribution in [3.05, 3.63) is 36.2 Å². The SMILES string of the molecule is CCCCCCCCC(=O)c1cccc2nccnc12. The maximum atomic E-state index is 12.3. The summed E-state index contributed by atoms with van der Waals surface area (Å²) in [6.07, 6.45) is 11.1. The second-order valence-corrected chi connectivity index (χ2v) is 5.17. The molecular formula is C17H22N2O. The number of aromatic nitrogens is 2. The molecule has 1 heterocycles. The fourth-order valence-electron chi connectivity index (χ4n) is 2.42. The van der Waals surface area contributed by atoms with Crippen molar-refractivity contribution < 1.29 is 4.79 Å². The summed E-state index contributed by atoms with van der Waals surface area (Å²) < 4.78 is 0. The van der Waals surface area contributed by atoms with Gasteiger partial charge in [0.2, 0.25) is 0 Å². The zero-order valence-electron chi connectivity index (χ0n) is 12.1. The van der Waals surface area contributed by atoms with Crippen LogP contribution in [0, 0.1) is 0 Å². The number of unbranched alkanes of at least 4 members (excludes halogenated alkanes) is 5. The smallest absolute Gasteiger partial charge is 0.165 e. The predicted octanol–water partition coefficient (Wildman–Crippen LogP) is 4.56. The van der Waals surface area contributed by atoms with Crippen LogP contribution >= 0.6 is 0 Å². The molecule has 0 atom stereocenters. The predicted molar refractivity (Wildman–Crippen MR) is 81.9 cm³/mol. The maximum Gasteiger partial charge on any atom is 0.165 e. The molecular weight excluding hydrogens is 248 g/mol. The fourth-order valence-corrected chi connectivity index (χ4v) is 2.42. The van der Waals surface area contributed by atoms with Crippen LogP contribution in [-0.4, -0.2) is 15.8 Å². The van der Waals surface area contributed by atoms with Gasteiger partial charge in [0.25, 0.3) is 0 Å². The molecule has 2 aromatic rings. The lowest BCUT2D eigenvalue weighted by Crippen LogP contribution is -2.01. The minimum atomic E-state index is 0.187. The van der Waals surface area contributed by atoms with Crippen molar-refractivity contribution in [3.63, 3.8) is 0 Å². The van der Waals surface area contributed by atoms with Crippen LogP contribution < -0.4 is 0 Å². The summed E-state index contributed by atoms with van der Waals surface area (Å²) in [6, 6.07) is 5.63. The summed E-state index contributed by atoms with van der Waals surface area (Å²) in [5, 5.41) is 0. The number of rotatable bonds is 8. The molecule has 0 amide bonds. The minimum absolute atomic E-state index is 0.187. The third-order valence-corrected chi connectivity index (χ3v) is 3.56. The molecule has 0 saturated carbocycles. The Labute approximate surface area is 120 Å². The zero-order chi connectivity index (χ0) is 14.2. The highest BCUT2D eigenvalue weighted by molar-refractivity contribution is 6.05. The van der Waals surface area contributed by atoms with Gasteiger partial charge in [0.15, 0.2) is 5.78 Å². The molecule has 0 aliphatic rings. The van der Waals surface area contributed by atoms with E-state index in [0.29, 0.717) is 12.0 Å². The number of para-hydroxylation sites is 1. The highest BCUT2D eigenvalue weighted by Crippen LogP contribution is 2.17. The first kappa shape index (κ1) is 14.6. The number of Topliss-reactive ketones (excluding diaryl/α,β-unsaturated/α-hetero) is 1. The summed E-state index contributed by atoms with van der Waals surface area (Å²) in [7, 11) is 0. The van der Waals surface area contributed by atoms with Gasteiger partial charge in [-0.2, -0.15) is 0 Å². The van der Waals surface area contributed by atoms with Crippen LogP contribution in [0.5, 0.6) is 0 Å². The van der Waals surface area contributed by atoms with Crippen molar-refractivity contribution in [1.82, 2.24) is 9.97 Å². The van der Waals surface area contributed by atoms with Crippen LogP contribution in [0.15, 0.2) is 30.6 Å². The number of hydrogen-bond acceptors (Lipinski definition) is 3. The summed E-state index contributed by atoms with van der Waals surface area (Å²) in [5.74, 6) is 0.187. The van der Waals surface area contributed by atoms with Gasteiger partial charge in [0.1, 0.15) is 0 Å². The van der Waals surface area contributed by atoms with Crippen LogP contribution in [0.25, 0.3) is 11.0 Å². The standard InChI is InChI=1S/C17H22N2O/c1-2-3-4-5-6-7-11-16(20)14-9-8-10-15-17(14)19-13-12-18-15/h8-10,12-13H,2-7,11H2,1H3. The van der Waals surface area contributed by atoms with E-state index in [4.69, 9.17) is 0 Å². The Hall–Kier alpha value is -1.77. The van der Waals surface area contributed by atoms with E-state index in [-0.39, 0.29) is 5.78 Å². The Balaban J connectivity index is 1.91. The molecule has 0 aliphatic carbocycles. The lowest BCUT2D eigenvalue weighted by molar-refractivity contribution is 0.0980. The Bertz CT molecular complexity index is 560. The van der Waals surface area contributed by atoms with E-state index < -0.39 is 0 Å². The third-order valence-electron chi connectivity index (χ3n) is 3.56. The first-order valence-electron chi connectivity index (χ1n) is 7.56. The molecule has 20 heavy (non-hydrogen) atoms. The van der Waals surface area contributed by atoms with Crippen LogP contribution in [0.3, 0.4) is 0 Å². The normalized spacial score (nSPS) is 10.8. The third kappa shape index (κ3) is 3.86. The van der Waals surface area contributed by atoms with E-state index in [1.165, 1.54) is 25.7 Å². The van der Waals surface area contributed by atoms with Gasteiger partial charge < -0.3 is 0 Å². The molecule has 0 radical (unpaired) electrons. The number of carbonyl (C=O) groups is 1. The number of fused-ring (bicyclic) bond motifs is 1. The second kappa shape index (κ2) is 7.73. The van der Waals surface area contributed by atoms with Gasteiger partial charge in [-0.15, -0.1) is 0 Å². The van der Waals surface area contributed by atoms with E-state index in [2.05, 4.69) is 16.9 Å². The van der Waals surface area contributed by atoms with Gasteiger partial charge >= 0.3 is 0 Å². The molecule has 0 spiro atoms. The second-order valence-electron chi connectivity index (χ2n) is 5.17. The Kier molecular flexibility index (Phi) is 5.66. The monoisotopic (exact) mass is 270 g/mol. The highest BCUT2D eigenvalue weighted by Gasteiger charge is 2.10. The van der Waals surface area contributed by atoms with Crippen LogP contribution in [0.4, 0.5) is 0 Å². The van der Waals surface area contributed by atoms with Crippen LogP contribution in [0.2, 0.25) is 0 Å². The summed E-state index contributed by atoms with van der Waals surface area (Å²) in [4.78, 5) is 20.8. The molecule has 1 aromatic heterocycles. The first-order valence-corrected chi connectivity index (χ1v) is 7.56. The van der Waals surface area contributed by atoms with Gasteiger partial charge in [0, 0.05) is 24.4 Å². The van der Waals surface area contributed by atoms with Crippen molar-refractivity contribution in [2.24, 2.45) is 0 Å². The lowest BCUT2D eigenvalue weighted by Gasteiger charge is -2.04. The van der Waals surface area contributed by atoms with Crippen molar-refractivity contribution in [3.8, 4) is 0 Å². The molecule has 1 aromatic carbocycles. The van der Waals surface area contributed by atoms with E-state index in [1.807, 2.05) is 18.2 Å². The topological polar surface area (TPSA) is 42.9 Å². The summed E-state index contributed by atoms with van der Waals surface area (Å²) in [5.41, 5.74) is 2.23. The maximum absolute atomic E-state index is 12.3. The minimum Gasteiger partial charge on any atom is -0.294 e. The van der Waals surface area contributed by atoms with Crippen molar-refractivity contribution in [2.45, 2.75) is 51.9 Å². The van der Waals surface area contributed by atoms with E-state index in [1.54, 1.807) is 12.4 Å². The van der Waals surface area contributed by atoms with Gasteiger partial charge in [-0.3, -0.25) is 14.8 Å². The average Bonchev–Trinajstić information content (AvgIpc) is 2.50. The van der Waals surface area contributed by atoms with Crippen molar-refractivity contribution in [1.29, 1.82) is 0 Å². The molecule has 0 bridgehead atoms. The van der Waals surface area contributed by atoms with Crippen LogP contribution in [0.1, 0.15) is 62.2 Å². The molecule has 0 saturated heterocycles. The summed E-state index contributed by atoms with van der Waals surface area (Å²) in [6.45, 7) is 2.21. The van der Waals surface area contributed by atoms with Crippen LogP contribution in [-0.2, 0) is 0 Å². The number of carbonyl (C=O) groups excluding carboxylic acids is 1. The molecule has 0 N–H and O–H groups in total. The summed E-state index contributed by atoms with van der Waals surface area (Å²) >= 11 is 0. The Morgan fingerprint density at radius 1 is 1.00 bits per heavy atom. The first-order chi connectivity index (χ1) is 9.83. The van der Waals surface area contributed by atoms with Crippen molar-refractivity contribution >= 4 is 16.8 Å². The molecule has 3 nitrogen and oxygen atoms in total. The Morgan fingerprint density at radius 3 is 2.60 bits per heavy atom. The van der Waals surface area contributed by atoms with E-state index >= 15 is 0 Å². The quantitative estimate of drug-likeness (QED) is 0.521. The van der Waals surface area contributed by atoms with E-state index in [0.717, 1.165) is 23.9 Å². The number of ketones is 1. The van der Waals surface area contributed by atoms with Gasteiger partial charge in [-0.05, 0) is 18.6 Å². The largest absolute Gasteiger partial charge is 0.294 e. The Morgan fingerprint density at radius 2 is 1.75 bits per heavy atom. The fraction of sp³-hybridized carbons (Fsp3) is 0.471. The van der Waals surface area contributed by atoms with Gasteiger partial charge in [-0.1, -0.05) is 45.1 Å². The molecule has 2 rings (SSSR count). The van der Waals surface area contributed by atoms with Gasteiger partial charge in [0.05, 0.1) is 11.0 Å². The van der Waals surface area contributed by atoms with E-state index in [9.17, 15) is 4.79 Å². The van der Waals surface area contributed by atoms with Crippen molar-refractivity contribution in [2.75, 3.05) is 0 Å². The zero-order valence-corrected chi connectivity index (χ0v) is 12.1. The van der Waals surface area contributed by atoms with Gasteiger partial charge in [-0.25, -0.2) is 0 Å². The molecule has 0 fully saturated rings. The average molecular weight is 270 g/mol. The molecule has 0 unspecified atom stereocenters. The lowest BCUT2D eigenvalue weighted by atomic mass is 10.0. The number of hydrogen-bond donors (Lipinski definition) is 0. The highest BCUT2D eigenvalue weighted by atomic mass is 16.1. The molecule has 106 valence electrons. The number of nitrogens with zero attached hydrogens (tertiary/aromatic N) is 2.